The highest BCUT2D eigenvalue weighted by Gasteiger charge is 2.21. The quantitative estimate of drug-likeness (QED) is 0.802. The molecule has 1 nitrogen and oxygen atoms in total. The Kier molecular flexibility index (Phi) is 5.25. The molecular weight excluding hydrogens is 218 g/mol. The van der Waals surface area contributed by atoms with Crippen molar-refractivity contribution < 1.29 is 0 Å². The summed E-state index contributed by atoms with van der Waals surface area (Å²) in [5, 5.41) is 3.79. The Morgan fingerprint density at radius 2 is 1.89 bits per heavy atom. The molecule has 2 rings (SSSR count). The van der Waals surface area contributed by atoms with Gasteiger partial charge in [0, 0.05) is 6.04 Å². The lowest BCUT2D eigenvalue weighted by Crippen LogP contribution is -2.31. The molecule has 1 aromatic rings. The highest BCUT2D eigenvalue weighted by atomic mass is 14.9. The van der Waals surface area contributed by atoms with Gasteiger partial charge in [0.25, 0.3) is 0 Å². The molecule has 1 saturated carbocycles. The molecule has 1 heteroatoms. The molecule has 0 spiro atoms. The molecular formula is C17H27N. The van der Waals surface area contributed by atoms with E-state index in [0.717, 1.165) is 11.8 Å². The van der Waals surface area contributed by atoms with Crippen molar-refractivity contribution in [1.82, 2.24) is 5.32 Å². The summed E-state index contributed by atoms with van der Waals surface area (Å²) in [5.41, 5.74) is 1.43. The van der Waals surface area contributed by atoms with E-state index in [1.165, 1.54) is 44.2 Å². The van der Waals surface area contributed by atoms with Gasteiger partial charge in [0.05, 0.1) is 0 Å². The van der Waals surface area contributed by atoms with Crippen LogP contribution in [0.15, 0.2) is 30.3 Å². The first-order chi connectivity index (χ1) is 8.81. The zero-order chi connectivity index (χ0) is 12.8. The fourth-order valence-corrected chi connectivity index (χ4v) is 3.17. The first-order valence-electron chi connectivity index (χ1n) is 7.59. The van der Waals surface area contributed by atoms with E-state index >= 15 is 0 Å². The molecule has 0 amide bonds. The predicted molar refractivity (Wildman–Crippen MR) is 78.6 cm³/mol. The van der Waals surface area contributed by atoms with Crippen LogP contribution in [0.1, 0.15) is 57.6 Å². The molecule has 0 bridgehead atoms. The highest BCUT2D eigenvalue weighted by Crippen LogP contribution is 2.29. The van der Waals surface area contributed by atoms with Gasteiger partial charge >= 0.3 is 0 Å². The van der Waals surface area contributed by atoms with Crippen molar-refractivity contribution in [1.29, 1.82) is 0 Å². The van der Waals surface area contributed by atoms with Gasteiger partial charge in [-0.15, -0.1) is 0 Å². The molecule has 1 fully saturated rings. The summed E-state index contributed by atoms with van der Waals surface area (Å²) in [6.07, 6.45) is 6.88. The first-order valence-corrected chi connectivity index (χ1v) is 7.59. The molecule has 1 aliphatic carbocycles. The van der Waals surface area contributed by atoms with Gasteiger partial charge in [0.15, 0.2) is 0 Å². The van der Waals surface area contributed by atoms with Crippen LogP contribution in [0.3, 0.4) is 0 Å². The van der Waals surface area contributed by atoms with Crippen molar-refractivity contribution in [3.8, 4) is 0 Å². The minimum Gasteiger partial charge on any atom is -0.310 e. The molecule has 0 heterocycles. The summed E-state index contributed by atoms with van der Waals surface area (Å²) in [4.78, 5) is 0. The van der Waals surface area contributed by atoms with E-state index in [1.807, 2.05) is 0 Å². The first kappa shape index (κ1) is 13.6. The SMILES string of the molecule is CCC(NCC1CCCCC1C)c1ccccc1. The largest absolute Gasteiger partial charge is 0.310 e. The molecule has 0 saturated heterocycles. The smallest absolute Gasteiger partial charge is 0.0317 e. The third-order valence-corrected chi connectivity index (χ3v) is 4.53. The lowest BCUT2D eigenvalue weighted by molar-refractivity contribution is 0.240. The number of nitrogens with one attached hydrogen (secondary N) is 1. The van der Waals surface area contributed by atoms with E-state index in [4.69, 9.17) is 0 Å². The summed E-state index contributed by atoms with van der Waals surface area (Å²) in [5.74, 6) is 1.79. The molecule has 0 aromatic heterocycles. The van der Waals surface area contributed by atoms with Gasteiger partial charge in [-0.05, 0) is 36.8 Å². The number of hydrogen-bond acceptors (Lipinski definition) is 1. The molecule has 1 aliphatic rings. The van der Waals surface area contributed by atoms with Crippen LogP contribution in [0, 0.1) is 11.8 Å². The number of rotatable bonds is 5. The Hall–Kier alpha value is -0.820. The van der Waals surface area contributed by atoms with Crippen molar-refractivity contribution in [2.24, 2.45) is 11.8 Å². The maximum atomic E-state index is 3.79. The van der Waals surface area contributed by atoms with Gasteiger partial charge in [-0.1, -0.05) is 63.4 Å². The Morgan fingerprint density at radius 1 is 1.17 bits per heavy atom. The summed E-state index contributed by atoms with van der Waals surface area (Å²) >= 11 is 0. The average Bonchev–Trinajstić information content (AvgIpc) is 2.42. The maximum Gasteiger partial charge on any atom is 0.0317 e. The zero-order valence-electron chi connectivity index (χ0n) is 11.9. The van der Waals surface area contributed by atoms with Crippen LogP contribution in [0.4, 0.5) is 0 Å². The second-order valence-electron chi connectivity index (χ2n) is 5.80. The summed E-state index contributed by atoms with van der Waals surface area (Å²) in [6, 6.07) is 11.4. The van der Waals surface area contributed by atoms with Crippen LogP contribution < -0.4 is 5.32 Å². The highest BCUT2D eigenvalue weighted by molar-refractivity contribution is 5.18. The minimum atomic E-state index is 0.528. The summed E-state index contributed by atoms with van der Waals surface area (Å²) < 4.78 is 0. The van der Waals surface area contributed by atoms with E-state index in [0.29, 0.717) is 6.04 Å². The Balaban J connectivity index is 1.87. The lowest BCUT2D eigenvalue weighted by atomic mass is 9.80. The monoisotopic (exact) mass is 245 g/mol. The molecule has 0 radical (unpaired) electrons. The molecule has 18 heavy (non-hydrogen) atoms. The van der Waals surface area contributed by atoms with Gasteiger partial charge < -0.3 is 5.32 Å². The third kappa shape index (κ3) is 3.58. The lowest BCUT2D eigenvalue weighted by Gasteiger charge is -2.30. The van der Waals surface area contributed by atoms with E-state index < -0.39 is 0 Å². The normalized spacial score (nSPS) is 25.9. The van der Waals surface area contributed by atoms with Crippen LogP contribution in [-0.2, 0) is 0 Å². The van der Waals surface area contributed by atoms with Crippen LogP contribution in [0.5, 0.6) is 0 Å². The molecule has 1 aromatic carbocycles. The summed E-state index contributed by atoms with van der Waals surface area (Å²) in [7, 11) is 0. The van der Waals surface area contributed by atoms with Crippen LogP contribution in [-0.4, -0.2) is 6.54 Å². The molecule has 0 aliphatic heterocycles. The maximum absolute atomic E-state index is 3.79. The number of benzene rings is 1. The Labute approximate surface area is 112 Å². The molecule has 3 atom stereocenters. The Morgan fingerprint density at radius 3 is 2.56 bits per heavy atom. The van der Waals surface area contributed by atoms with Gasteiger partial charge in [-0.2, -0.15) is 0 Å². The third-order valence-electron chi connectivity index (χ3n) is 4.53. The van der Waals surface area contributed by atoms with Crippen molar-refractivity contribution in [2.45, 2.75) is 52.0 Å². The molecule has 1 N–H and O–H groups in total. The fourth-order valence-electron chi connectivity index (χ4n) is 3.17. The van der Waals surface area contributed by atoms with Crippen molar-refractivity contribution >= 4 is 0 Å². The molecule has 3 unspecified atom stereocenters. The van der Waals surface area contributed by atoms with Crippen molar-refractivity contribution in [3.05, 3.63) is 35.9 Å². The van der Waals surface area contributed by atoms with Crippen molar-refractivity contribution in [3.63, 3.8) is 0 Å². The zero-order valence-corrected chi connectivity index (χ0v) is 11.9. The standard InChI is InChI=1S/C17H27N/c1-3-17(15-10-5-4-6-11-15)18-13-16-12-8-7-9-14(16)2/h4-6,10-11,14,16-18H,3,7-9,12-13H2,1-2H3. The summed E-state index contributed by atoms with van der Waals surface area (Å²) in [6.45, 7) is 5.89. The van der Waals surface area contributed by atoms with Gasteiger partial charge in [-0.3, -0.25) is 0 Å². The average molecular weight is 245 g/mol. The van der Waals surface area contributed by atoms with Crippen molar-refractivity contribution in [2.75, 3.05) is 6.54 Å². The van der Waals surface area contributed by atoms with Crippen LogP contribution in [0.25, 0.3) is 0 Å². The second-order valence-corrected chi connectivity index (χ2v) is 5.80. The van der Waals surface area contributed by atoms with Gasteiger partial charge in [-0.25, -0.2) is 0 Å². The van der Waals surface area contributed by atoms with E-state index in [2.05, 4.69) is 49.5 Å². The fraction of sp³-hybridized carbons (Fsp3) is 0.647. The van der Waals surface area contributed by atoms with Crippen LogP contribution >= 0.6 is 0 Å². The van der Waals surface area contributed by atoms with E-state index in [-0.39, 0.29) is 0 Å². The predicted octanol–water partition coefficient (Wildman–Crippen LogP) is 4.55. The topological polar surface area (TPSA) is 12.0 Å². The second kappa shape index (κ2) is 6.94. The van der Waals surface area contributed by atoms with Gasteiger partial charge in [0.2, 0.25) is 0 Å². The van der Waals surface area contributed by atoms with Crippen LogP contribution in [0.2, 0.25) is 0 Å². The van der Waals surface area contributed by atoms with E-state index in [9.17, 15) is 0 Å². The molecule has 100 valence electrons. The Bertz CT molecular complexity index is 333. The number of hydrogen-bond donors (Lipinski definition) is 1. The minimum absolute atomic E-state index is 0.528. The van der Waals surface area contributed by atoms with Gasteiger partial charge in [0.1, 0.15) is 0 Å². The van der Waals surface area contributed by atoms with E-state index in [1.54, 1.807) is 0 Å².